The van der Waals surface area contributed by atoms with Crippen molar-refractivity contribution < 1.29 is 9.53 Å². The van der Waals surface area contributed by atoms with Crippen molar-refractivity contribution in [1.29, 1.82) is 0 Å². The van der Waals surface area contributed by atoms with Gasteiger partial charge in [-0.1, -0.05) is 24.6 Å². The SMILES string of the molecule is CC#CCCCCCC(=O)Oc1ccccc1. The number of hydrogen-bond acceptors (Lipinski definition) is 2. The second-order valence-electron chi connectivity index (χ2n) is 3.77. The fourth-order valence-corrected chi connectivity index (χ4v) is 1.46. The fraction of sp³-hybridized carbons (Fsp3) is 0.400. The van der Waals surface area contributed by atoms with Crippen LogP contribution in [-0.2, 0) is 4.79 Å². The van der Waals surface area contributed by atoms with E-state index in [0.717, 1.165) is 25.7 Å². The lowest BCUT2D eigenvalue weighted by atomic mass is 10.1. The van der Waals surface area contributed by atoms with Crippen LogP contribution in [0.2, 0.25) is 0 Å². The zero-order valence-corrected chi connectivity index (χ0v) is 10.2. The third-order valence-corrected chi connectivity index (χ3v) is 2.33. The maximum Gasteiger partial charge on any atom is 0.311 e. The van der Waals surface area contributed by atoms with Gasteiger partial charge in [0.25, 0.3) is 0 Å². The van der Waals surface area contributed by atoms with E-state index >= 15 is 0 Å². The summed E-state index contributed by atoms with van der Waals surface area (Å²) in [6, 6.07) is 9.17. The largest absolute Gasteiger partial charge is 0.427 e. The Morgan fingerprint density at radius 2 is 1.94 bits per heavy atom. The molecular weight excluding hydrogens is 212 g/mol. The number of carbonyl (C=O) groups excluding carboxylic acids is 1. The maximum atomic E-state index is 11.5. The van der Waals surface area contributed by atoms with E-state index in [4.69, 9.17) is 4.74 Å². The average molecular weight is 230 g/mol. The standard InChI is InChI=1S/C15H18O2/c1-2-3-4-5-6-10-13-15(16)17-14-11-8-7-9-12-14/h7-9,11-12H,4-6,10,13H2,1H3. The van der Waals surface area contributed by atoms with Gasteiger partial charge in [-0.3, -0.25) is 4.79 Å². The molecule has 2 nitrogen and oxygen atoms in total. The monoisotopic (exact) mass is 230 g/mol. The normalized spacial score (nSPS) is 9.24. The first-order valence-corrected chi connectivity index (χ1v) is 5.98. The van der Waals surface area contributed by atoms with E-state index in [1.54, 1.807) is 12.1 Å². The highest BCUT2D eigenvalue weighted by Crippen LogP contribution is 2.10. The maximum absolute atomic E-state index is 11.5. The van der Waals surface area contributed by atoms with Crippen LogP contribution in [0.4, 0.5) is 0 Å². The number of unbranched alkanes of at least 4 members (excludes halogenated alkanes) is 3. The van der Waals surface area contributed by atoms with Gasteiger partial charge >= 0.3 is 5.97 Å². The number of carbonyl (C=O) groups is 1. The highest BCUT2D eigenvalue weighted by molar-refractivity contribution is 5.72. The first kappa shape index (κ1) is 13.3. The highest BCUT2D eigenvalue weighted by Gasteiger charge is 2.03. The Morgan fingerprint density at radius 3 is 2.65 bits per heavy atom. The predicted octanol–water partition coefficient (Wildman–Crippen LogP) is 3.57. The van der Waals surface area contributed by atoms with Gasteiger partial charge in [0.1, 0.15) is 5.75 Å². The van der Waals surface area contributed by atoms with Crippen LogP contribution in [0.15, 0.2) is 30.3 Å². The van der Waals surface area contributed by atoms with Crippen LogP contribution in [0.1, 0.15) is 39.0 Å². The lowest BCUT2D eigenvalue weighted by Gasteiger charge is -2.03. The quantitative estimate of drug-likeness (QED) is 0.323. The number of para-hydroxylation sites is 1. The summed E-state index contributed by atoms with van der Waals surface area (Å²) in [4.78, 5) is 11.5. The molecular formula is C15H18O2. The van der Waals surface area contributed by atoms with Gasteiger partial charge in [0.05, 0.1) is 0 Å². The molecule has 0 saturated heterocycles. The molecule has 0 unspecified atom stereocenters. The molecule has 0 aromatic heterocycles. The zero-order chi connectivity index (χ0) is 12.3. The molecule has 0 heterocycles. The number of ether oxygens (including phenoxy) is 1. The molecule has 1 aromatic carbocycles. The van der Waals surface area contributed by atoms with Gasteiger partial charge in [0.2, 0.25) is 0 Å². The van der Waals surface area contributed by atoms with Gasteiger partial charge in [-0.05, 0) is 31.9 Å². The summed E-state index contributed by atoms with van der Waals surface area (Å²) in [7, 11) is 0. The predicted molar refractivity (Wildman–Crippen MR) is 68.6 cm³/mol. The van der Waals surface area contributed by atoms with Crippen LogP contribution < -0.4 is 4.74 Å². The minimum Gasteiger partial charge on any atom is -0.427 e. The lowest BCUT2D eigenvalue weighted by Crippen LogP contribution is -2.07. The molecule has 0 atom stereocenters. The van der Waals surface area contributed by atoms with E-state index < -0.39 is 0 Å². The molecule has 0 bridgehead atoms. The number of hydrogen-bond donors (Lipinski definition) is 0. The van der Waals surface area contributed by atoms with Gasteiger partial charge < -0.3 is 4.74 Å². The Bertz CT molecular complexity index is 384. The van der Waals surface area contributed by atoms with Crippen molar-refractivity contribution in [3.63, 3.8) is 0 Å². The Morgan fingerprint density at radius 1 is 1.18 bits per heavy atom. The molecule has 0 aliphatic rings. The second-order valence-corrected chi connectivity index (χ2v) is 3.77. The molecule has 1 rings (SSSR count). The molecule has 0 N–H and O–H groups in total. The van der Waals surface area contributed by atoms with Crippen molar-refractivity contribution in [2.24, 2.45) is 0 Å². The molecule has 17 heavy (non-hydrogen) atoms. The number of rotatable bonds is 6. The zero-order valence-electron chi connectivity index (χ0n) is 10.2. The lowest BCUT2D eigenvalue weighted by molar-refractivity contribution is -0.134. The van der Waals surface area contributed by atoms with Crippen LogP contribution in [0.3, 0.4) is 0 Å². The molecule has 0 amide bonds. The Labute approximate surface area is 103 Å². The van der Waals surface area contributed by atoms with Gasteiger partial charge in [0, 0.05) is 12.8 Å². The van der Waals surface area contributed by atoms with Gasteiger partial charge in [-0.15, -0.1) is 11.8 Å². The van der Waals surface area contributed by atoms with Crippen LogP contribution in [-0.4, -0.2) is 5.97 Å². The minimum atomic E-state index is -0.155. The van der Waals surface area contributed by atoms with E-state index in [0.29, 0.717) is 12.2 Å². The van der Waals surface area contributed by atoms with Crippen molar-refractivity contribution >= 4 is 5.97 Å². The van der Waals surface area contributed by atoms with E-state index in [9.17, 15) is 4.79 Å². The number of esters is 1. The van der Waals surface area contributed by atoms with Crippen LogP contribution in [0, 0.1) is 11.8 Å². The molecule has 0 spiro atoms. The molecule has 0 aliphatic heterocycles. The molecule has 2 heteroatoms. The Kier molecular flexibility index (Phi) is 6.59. The molecule has 1 aromatic rings. The molecule has 0 fully saturated rings. The summed E-state index contributed by atoms with van der Waals surface area (Å²) in [6.07, 6.45) is 4.35. The summed E-state index contributed by atoms with van der Waals surface area (Å²) >= 11 is 0. The summed E-state index contributed by atoms with van der Waals surface area (Å²) in [6.45, 7) is 1.84. The summed E-state index contributed by atoms with van der Waals surface area (Å²) in [5, 5.41) is 0. The molecule has 0 aliphatic carbocycles. The summed E-state index contributed by atoms with van der Waals surface area (Å²) in [5.74, 6) is 6.33. The van der Waals surface area contributed by atoms with Gasteiger partial charge in [0.15, 0.2) is 0 Å². The van der Waals surface area contributed by atoms with E-state index in [2.05, 4.69) is 11.8 Å². The van der Waals surface area contributed by atoms with Crippen molar-refractivity contribution in [2.45, 2.75) is 39.0 Å². The van der Waals surface area contributed by atoms with Crippen molar-refractivity contribution in [2.75, 3.05) is 0 Å². The van der Waals surface area contributed by atoms with E-state index in [-0.39, 0.29) is 5.97 Å². The smallest absolute Gasteiger partial charge is 0.311 e. The van der Waals surface area contributed by atoms with Crippen molar-refractivity contribution in [3.8, 4) is 17.6 Å². The third kappa shape index (κ3) is 6.42. The van der Waals surface area contributed by atoms with E-state index in [1.165, 1.54) is 0 Å². The fourth-order valence-electron chi connectivity index (χ4n) is 1.46. The van der Waals surface area contributed by atoms with Crippen LogP contribution in [0.5, 0.6) is 5.75 Å². The third-order valence-electron chi connectivity index (χ3n) is 2.33. The minimum absolute atomic E-state index is 0.155. The Balaban J connectivity index is 2.11. The van der Waals surface area contributed by atoms with Crippen molar-refractivity contribution in [3.05, 3.63) is 30.3 Å². The van der Waals surface area contributed by atoms with Gasteiger partial charge in [-0.25, -0.2) is 0 Å². The average Bonchev–Trinajstić information content (AvgIpc) is 2.35. The molecule has 0 saturated carbocycles. The van der Waals surface area contributed by atoms with E-state index in [1.807, 2.05) is 25.1 Å². The number of benzene rings is 1. The second kappa shape index (κ2) is 8.41. The summed E-state index contributed by atoms with van der Waals surface area (Å²) in [5.41, 5.74) is 0. The molecule has 90 valence electrons. The topological polar surface area (TPSA) is 26.3 Å². The van der Waals surface area contributed by atoms with Crippen molar-refractivity contribution in [1.82, 2.24) is 0 Å². The first-order chi connectivity index (χ1) is 8.33. The first-order valence-electron chi connectivity index (χ1n) is 5.98. The molecule has 0 radical (unpaired) electrons. The Hall–Kier alpha value is -1.75. The highest BCUT2D eigenvalue weighted by atomic mass is 16.5. The van der Waals surface area contributed by atoms with Crippen LogP contribution >= 0.6 is 0 Å². The van der Waals surface area contributed by atoms with Crippen LogP contribution in [0.25, 0.3) is 0 Å². The van der Waals surface area contributed by atoms with Gasteiger partial charge in [-0.2, -0.15) is 0 Å². The summed E-state index contributed by atoms with van der Waals surface area (Å²) < 4.78 is 5.18.